The van der Waals surface area contributed by atoms with Crippen molar-refractivity contribution in [1.82, 2.24) is 9.55 Å². The summed E-state index contributed by atoms with van der Waals surface area (Å²) in [6.45, 7) is 10.0. The Hall–Kier alpha value is -2.86. The Bertz CT molecular complexity index is 1190. The maximum absolute atomic E-state index is 12.8. The minimum atomic E-state index is -4.33. The fraction of sp³-hybridized carbons (Fsp3) is 0.333. The Morgan fingerprint density at radius 2 is 1.85 bits per heavy atom. The summed E-state index contributed by atoms with van der Waals surface area (Å²) in [5.41, 5.74) is 4.84. The molecule has 0 amide bonds. The number of aryl methyl sites for hydroxylation is 2. The van der Waals surface area contributed by atoms with Gasteiger partial charge in [0.05, 0.1) is 11.3 Å². The third-order valence-corrected chi connectivity index (χ3v) is 6.39. The third kappa shape index (κ3) is 5.98. The predicted octanol–water partition coefficient (Wildman–Crippen LogP) is 8.22. The van der Waals surface area contributed by atoms with E-state index < -0.39 is 11.7 Å². The second-order valence-corrected chi connectivity index (χ2v) is 8.87. The second-order valence-electron chi connectivity index (χ2n) is 8.42. The first-order valence-electron chi connectivity index (χ1n) is 11.2. The first kappa shape index (κ1) is 25.8. The lowest BCUT2D eigenvalue weighted by Gasteiger charge is -2.16. The lowest BCUT2D eigenvalue weighted by Crippen LogP contribution is -2.05. The number of aliphatic imine (C=N–C) groups is 1. The highest BCUT2D eigenvalue weighted by atomic mass is 35.5. The summed E-state index contributed by atoms with van der Waals surface area (Å²) in [6, 6.07) is 11.3. The number of alkyl halides is 3. The number of halogens is 4. The topological polar surface area (TPSA) is 30.2 Å². The molecule has 1 heterocycles. The fourth-order valence-electron chi connectivity index (χ4n) is 3.86. The fourth-order valence-corrected chi connectivity index (χ4v) is 4.01. The van der Waals surface area contributed by atoms with Crippen LogP contribution in [0.2, 0.25) is 0 Å². The molecule has 1 aromatic heterocycles. The molecular weight excluding hydrogens is 459 g/mol. The highest BCUT2D eigenvalue weighted by molar-refractivity contribution is 6.48. The lowest BCUT2D eigenvalue weighted by atomic mass is 9.95. The molecule has 0 saturated carbocycles. The molecule has 0 aliphatic rings. The molecule has 0 aliphatic carbocycles. The van der Waals surface area contributed by atoms with E-state index in [2.05, 4.69) is 23.1 Å². The quantitative estimate of drug-likeness (QED) is 0.294. The van der Waals surface area contributed by atoms with E-state index in [0.717, 1.165) is 58.2 Å². The maximum Gasteiger partial charge on any atom is 0.416 e. The molecule has 0 fully saturated rings. The molecular formula is C27H29ClF3N3. The summed E-state index contributed by atoms with van der Waals surface area (Å²) in [5.74, 6) is 1.06. The van der Waals surface area contributed by atoms with Crippen LogP contribution in [0.1, 0.15) is 66.4 Å². The van der Waals surface area contributed by atoms with Gasteiger partial charge in [-0.05, 0) is 61.6 Å². The van der Waals surface area contributed by atoms with Crippen molar-refractivity contribution in [2.75, 3.05) is 0 Å². The summed E-state index contributed by atoms with van der Waals surface area (Å²) >= 11 is 6.34. The zero-order valence-electron chi connectivity index (χ0n) is 19.9. The Balaban J connectivity index is 1.82. The first-order valence-corrected chi connectivity index (χ1v) is 11.6. The van der Waals surface area contributed by atoms with Crippen LogP contribution in [-0.2, 0) is 19.6 Å². The largest absolute Gasteiger partial charge is 0.416 e. The van der Waals surface area contributed by atoms with Gasteiger partial charge in [0.1, 0.15) is 5.82 Å². The summed E-state index contributed by atoms with van der Waals surface area (Å²) in [7, 11) is 2.00. The van der Waals surface area contributed by atoms with Crippen LogP contribution in [0.15, 0.2) is 60.2 Å². The number of nitrogens with zero attached hydrogens (tertiary/aromatic N) is 3. The molecule has 2 aromatic carbocycles. The van der Waals surface area contributed by atoms with Crippen molar-refractivity contribution in [2.45, 2.75) is 52.1 Å². The lowest BCUT2D eigenvalue weighted by molar-refractivity contribution is -0.137. The molecule has 0 aliphatic heterocycles. The van der Waals surface area contributed by atoms with Crippen molar-refractivity contribution in [1.29, 1.82) is 0 Å². The predicted molar refractivity (Wildman–Crippen MR) is 134 cm³/mol. The Morgan fingerprint density at radius 3 is 2.38 bits per heavy atom. The van der Waals surface area contributed by atoms with E-state index in [1.807, 2.05) is 45.3 Å². The van der Waals surface area contributed by atoms with E-state index in [1.54, 1.807) is 0 Å². The third-order valence-electron chi connectivity index (χ3n) is 6.18. The maximum atomic E-state index is 12.8. The van der Waals surface area contributed by atoms with Gasteiger partial charge in [-0.25, -0.2) is 4.98 Å². The normalized spacial score (nSPS) is 13.2. The Kier molecular flexibility index (Phi) is 8.03. The van der Waals surface area contributed by atoms with Crippen LogP contribution in [0.4, 0.5) is 18.9 Å². The molecule has 0 spiro atoms. The van der Waals surface area contributed by atoms with Crippen molar-refractivity contribution in [3.8, 4) is 0 Å². The first-order chi connectivity index (χ1) is 16.0. The van der Waals surface area contributed by atoms with Crippen LogP contribution >= 0.6 is 11.6 Å². The summed E-state index contributed by atoms with van der Waals surface area (Å²) in [5, 5.41) is 0.409. The van der Waals surface area contributed by atoms with Gasteiger partial charge in [0, 0.05) is 41.2 Å². The van der Waals surface area contributed by atoms with Crippen LogP contribution in [0, 0.1) is 6.92 Å². The number of benzene rings is 2. The Labute approximate surface area is 204 Å². The molecule has 1 atom stereocenters. The van der Waals surface area contributed by atoms with Gasteiger partial charge >= 0.3 is 6.18 Å². The number of imidazole rings is 1. The van der Waals surface area contributed by atoms with Crippen molar-refractivity contribution >= 4 is 28.0 Å². The highest BCUT2D eigenvalue weighted by Gasteiger charge is 2.29. The van der Waals surface area contributed by atoms with Gasteiger partial charge in [0.15, 0.2) is 0 Å². The molecule has 1 unspecified atom stereocenters. The molecule has 180 valence electrons. The van der Waals surface area contributed by atoms with E-state index in [-0.39, 0.29) is 5.92 Å². The van der Waals surface area contributed by atoms with Crippen molar-refractivity contribution in [3.05, 3.63) is 89.0 Å². The van der Waals surface area contributed by atoms with Crippen LogP contribution in [0.3, 0.4) is 0 Å². The molecule has 3 aromatic rings. The molecule has 7 heteroatoms. The van der Waals surface area contributed by atoms with Gasteiger partial charge in [-0.2, -0.15) is 13.2 Å². The van der Waals surface area contributed by atoms with Gasteiger partial charge in [0.2, 0.25) is 0 Å². The molecule has 3 nitrogen and oxygen atoms in total. The van der Waals surface area contributed by atoms with Gasteiger partial charge in [-0.15, -0.1) is 0 Å². The summed E-state index contributed by atoms with van der Waals surface area (Å²) in [6.07, 6.45) is -0.466. The zero-order chi connectivity index (χ0) is 25.0. The standard InChI is InChI=1S/C27H29ClF3N3/c1-6-23(13-9-20-7-11-22(12-8-20)27(29,30)31)33-25-14-10-21(15-24(25)18(3)28)17(2)26-16-32-19(4)34(26)5/h7-8,10-12,14-17H,3,6,9,13H2,1-2,4-5H3/b33-23-. The molecule has 34 heavy (non-hydrogen) atoms. The van der Waals surface area contributed by atoms with Crippen LogP contribution in [0.25, 0.3) is 5.03 Å². The monoisotopic (exact) mass is 487 g/mol. The number of aromatic nitrogens is 2. The average molecular weight is 488 g/mol. The molecule has 0 radical (unpaired) electrons. The van der Waals surface area contributed by atoms with Crippen molar-refractivity contribution in [2.24, 2.45) is 12.0 Å². The Morgan fingerprint density at radius 1 is 1.18 bits per heavy atom. The van der Waals surface area contributed by atoms with Gasteiger partial charge in [-0.1, -0.05) is 50.2 Å². The van der Waals surface area contributed by atoms with Crippen LogP contribution < -0.4 is 0 Å². The smallest absolute Gasteiger partial charge is 0.335 e. The summed E-state index contributed by atoms with van der Waals surface area (Å²) < 4.78 is 40.4. The van der Waals surface area contributed by atoms with Gasteiger partial charge in [-0.3, -0.25) is 4.99 Å². The molecule has 0 bridgehead atoms. The molecule has 3 rings (SSSR count). The van der Waals surface area contributed by atoms with E-state index in [4.69, 9.17) is 16.6 Å². The second kappa shape index (κ2) is 10.6. The minimum Gasteiger partial charge on any atom is -0.335 e. The number of hydrogen-bond acceptors (Lipinski definition) is 2. The SMILES string of the molecule is C=C(Cl)c1cc(C(C)c2cnc(C)n2C)ccc1/N=C(/CC)CCc1ccc(C(F)(F)F)cc1. The van der Waals surface area contributed by atoms with Gasteiger partial charge in [0.25, 0.3) is 0 Å². The summed E-state index contributed by atoms with van der Waals surface area (Å²) in [4.78, 5) is 9.23. The van der Waals surface area contributed by atoms with E-state index in [1.165, 1.54) is 12.1 Å². The average Bonchev–Trinajstić information content (AvgIpc) is 3.13. The molecule has 0 N–H and O–H groups in total. The number of rotatable bonds is 8. The molecule has 0 saturated heterocycles. The van der Waals surface area contributed by atoms with E-state index in [0.29, 0.717) is 17.9 Å². The van der Waals surface area contributed by atoms with Crippen LogP contribution in [0.5, 0.6) is 0 Å². The van der Waals surface area contributed by atoms with E-state index in [9.17, 15) is 13.2 Å². The van der Waals surface area contributed by atoms with Gasteiger partial charge < -0.3 is 4.57 Å². The van der Waals surface area contributed by atoms with Crippen LogP contribution in [-0.4, -0.2) is 15.3 Å². The zero-order valence-corrected chi connectivity index (χ0v) is 20.6. The highest BCUT2D eigenvalue weighted by Crippen LogP contribution is 2.34. The minimum absolute atomic E-state index is 0.115. The van der Waals surface area contributed by atoms with E-state index >= 15 is 0 Å². The van der Waals surface area contributed by atoms with Crippen molar-refractivity contribution < 1.29 is 13.2 Å². The number of hydrogen-bond donors (Lipinski definition) is 0. The van der Waals surface area contributed by atoms with Crippen molar-refractivity contribution in [3.63, 3.8) is 0 Å².